The summed E-state index contributed by atoms with van der Waals surface area (Å²) in [4.78, 5) is 37.7. The highest BCUT2D eigenvalue weighted by atomic mass is 35.5. The molecule has 0 bridgehead atoms. The van der Waals surface area contributed by atoms with Crippen LogP contribution in [0.25, 0.3) is 0 Å². The summed E-state index contributed by atoms with van der Waals surface area (Å²) in [5.74, 6) is 0.416. The molecule has 0 aliphatic rings. The first-order valence-corrected chi connectivity index (χ1v) is 13.2. The van der Waals surface area contributed by atoms with Crippen LogP contribution in [0.5, 0.6) is 11.5 Å². The monoisotopic (exact) mass is 574 g/mol. The van der Waals surface area contributed by atoms with E-state index in [0.717, 1.165) is 16.4 Å². The van der Waals surface area contributed by atoms with Gasteiger partial charge in [0, 0.05) is 24.3 Å². The Balaban J connectivity index is 0.00000177. The SMILES string of the molecule is CC(C)C.CC/C=C(\C#N)C(=O)NC(=O)N(C)c1cc(Cl)c(Oc2ccc(NC(=O)C(C)C)c(C)c2)c(Cl)c1. The highest BCUT2D eigenvalue weighted by molar-refractivity contribution is 6.37. The summed E-state index contributed by atoms with van der Waals surface area (Å²) < 4.78 is 5.87. The quantitative estimate of drug-likeness (QED) is 0.258. The first-order valence-electron chi connectivity index (χ1n) is 12.5. The number of ether oxygens (including phenoxy) is 1. The number of rotatable bonds is 7. The lowest BCUT2D eigenvalue weighted by atomic mass is 10.1. The Hall–Kier alpha value is -3.54. The van der Waals surface area contributed by atoms with Gasteiger partial charge < -0.3 is 10.1 Å². The van der Waals surface area contributed by atoms with Crippen LogP contribution in [0.1, 0.15) is 53.5 Å². The molecule has 0 fully saturated rings. The number of benzene rings is 2. The molecule has 2 aromatic rings. The van der Waals surface area contributed by atoms with Gasteiger partial charge in [0.1, 0.15) is 17.4 Å². The van der Waals surface area contributed by atoms with Gasteiger partial charge in [-0.2, -0.15) is 5.26 Å². The van der Waals surface area contributed by atoms with Crippen LogP contribution in [0.4, 0.5) is 16.2 Å². The van der Waals surface area contributed by atoms with Gasteiger partial charge >= 0.3 is 6.03 Å². The lowest BCUT2D eigenvalue weighted by Gasteiger charge is -2.19. The predicted molar refractivity (Wildman–Crippen MR) is 158 cm³/mol. The third-order valence-electron chi connectivity index (χ3n) is 4.87. The molecule has 39 heavy (non-hydrogen) atoms. The van der Waals surface area contributed by atoms with Crippen molar-refractivity contribution in [3.05, 3.63) is 57.6 Å². The van der Waals surface area contributed by atoms with Gasteiger partial charge in [0.05, 0.1) is 10.0 Å². The van der Waals surface area contributed by atoms with Gasteiger partial charge in [-0.15, -0.1) is 0 Å². The van der Waals surface area contributed by atoms with Crippen molar-refractivity contribution < 1.29 is 19.1 Å². The van der Waals surface area contributed by atoms with Crippen LogP contribution >= 0.6 is 23.2 Å². The first kappa shape index (κ1) is 33.5. The number of amides is 4. The van der Waals surface area contributed by atoms with Crippen LogP contribution in [-0.4, -0.2) is 24.9 Å². The van der Waals surface area contributed by atoms with Gasteiger partial charge in [0.25, 0.3) is 5.91 Å². The zero-order valence-corrected chi connectivity index (χ0v) is 25.1. The number of nitrogens with one attached hydrogen (secondary N) is 2. The summed E-state index contributed by atoms with van der Waals surface area (Å²) in [5.41, 5.74) is 1.60. The number of hydrogen-bond donors (Lipinski definition) is 2. The van der Waals surface area contributed by atoms with Crippen molar-refractivity contribution in [1.82, 2.24) is 5.32 Å². The molecule has 210 valence electrons. The molecule has 0 saturated heterocycles. The largest absolute Gasteiger partial charge is 0.454 e. The normalized spacial score (nSPS) is 10.8. The van der Waals surface area contributed by atoms with E-state index in [-0.39, 0.29) is 33.2 Å². The Morgan fingerprint density at radius 3 is 2.10 bits per heavy atom. The van der Waals surface area contributed by atoms with E-state index >= 15 is 0 Å². The Bertz CT molecular complexity index is 1240. The van der Waals surface area contributed by atoms with Crippen molar-refractivity contribution in [1.29, 1.82) is 5.26 Å². The van der Waals surface area contributed by atoms with Crippen molar-refractivity contribution >= 4 is 52.4 Å². The topological polar surface area (TPSA) is 112 Å². The molecule has 2 N–H and O–H groups in total. The van der Waals surface area contributed by atoms with Crippen molar-refractivity contribution in [3.8, 4) is 17.6 Å². The lowest BCUT2D eigenvalue weighted by molar-refractivity contribution is -0.119. The molecule has 0 aliphatic heterocycles. The standard InChI is InChI=1S/C25H26Cl2N4O4.C4H10/c1-6-7-16(13-28)24(33)30-25(34)31(5)17-11-19(26)22(20(27)12-17)35-18-8-9-21(15(4)10-18)29-23(32)14(2)3;1-4(2)3/h7-12,14H,6H2,1-5H3,(H,29,32)(H,30,33,34);4H,1-3H3/b16-7+;. The molecule has 0 aliphatic carbocycles. The van der Waals surface area contributed by atoms with E-state index < -0.39 is 11.9 Å². The zero-order chi connectivity index (χ0) is 29.9. The Morgan fingerprint density at radius 1 is 1.08 bits per heavy atom. The summed E-state index contributed by atoms with van der Waals surface area (Å²) in [7, 11) is 1.42. The number of nitriles is 1. The first-order chi connectivity index (χ1) is 18.2. The zero-order valence-electron chi connectivity index (χ0n) is 23.6. The second kappa shape index (κ2) is 15.8. The molecule has 0 heterocycles. The summed E-state index contributed by atoms with van der Waals surface area (Å²) in [5, 5.41) is 14.3. The van der Waals surface area contributed by atoms with Crippen LogP contribution in [-0.2, 0) is 9.59 Å². The number of allylic oxidation sites excluding steroid dienone is 1. The number of aryl methyl sites for hydroxylation is 1. The number of hydrogen-bond acceptors (Lipinski definition) is 5. The third-order valence-corrected chi connectivity index (χ3v) is 5.43. The second-order valence-corrected chi connectivity index (χ2v) is 10.5. The molecular weight excluding hydrogens is 539 g/mol. The highest BCUT2D eigenvalue weighted by Gasteiger charge is 2.20. The number of carbonyl (C=O) groups excluding carboxylic acids is 3. The van der Waals surface area contributed by atoms with Crippen LogP contribution in [0.15, 0.2) is 42.0 Å². The molecule has 0 spiro atoms. The molecule has 4 amide bonds. The molecule has 0 unspecified atom stereocenters. The number of nitrogens with zero attached hydrogens (tertiary/aromatic N) is 2. The summed E-state index contributed by atoms with van der Waals surface area (Å²) in [6.07, 6.45) is 1.90. The van der Waals surface area contributed by atoms with Gasteiger partial charge in [-0.3, -0.25) is 19.8 Å². The third kappa shape index (κ3) is 10.6. The molecule has 0 aromatic heterocycles. The predicted octanol–water partition coefficient (Wildman–Crippen LogP) is 7.88. The smallest absolute Gasteiger partial charge is 0.328 e. The lowest BCUT2D eigenvalue weighted by Crippen LogP contribution is -2.41. The molecule has 10 heteroatoms. The molecule has 0 saturated carbocycles. The Labute approximate surface area is 240 Å². The van der Waals surface area contributed by atoms with E-state index in [4.69, 9.17) is 33.2 Å². The minimum atomic E-state index is -0.799. The fourth-order valence-corrected chi connectivity index (χ4v) is 3.38. The molecule has 2 rings (SSSR count). The minimum absolute atomic E-state index is 0.0939. The van der Waals surface area contributed by atoms with Gasteiger partial charge in [0.2, 0.25) is 5.91 Å². The van der Waals surface area contributed by atoms with E-state index in [1.54, 1.807) is 31.2 Å². The maximum absolute atomic E-state index is 12.5. The fourth-order valence-electron chi connectivity index (χ4n) is 2.83. The van der Waals surface area contributed by atoms with Gasteiger partial charge in [-0.1, -0.05) is 70.8 Å². The number of anilines is 2. The van der Waals surface area contributed by atoms with E-state index in [1.807, 2.05) is 20.8 Å². The summed E-state index contributed by atoms with van der Waals surface area (Å²) in [6, 6.07) is 9.05. The van der Waals surface area contributed by atoms with E-state index in [1.165, 1.54) is 25.3 Å². The van der Waals surface area contributed by atoms with Crippen LogP contribution < -0.4 is 20.3 Å². The number of carbonyl (C=O) groups is 3. The van der Waals surface area contributed by atoms with Gasteiger partial charge in [-0.05, 0) is 55.2 Å². The fraction of sp³-hybridized carbons (Fsp3) is 0.379. The molecule has 0 atom stereocenters. The second-order valence-electron chi connectivity index (χ2n) is 9.65. The minimum Gasteiger partial charge on any atom is -0.454 e. The number of halogens is 2. The average Bonchev–Trinajstić information content (AvgIpc) is 2.84. The van der Waals surface area contributed by atoms with E-state index in [0.29, 0.717) is 23.5 Å². The van der Waals surface area contributed by atoms with Crippen molar-refractivity contribution in [2.45, 2.75) is 54.9 Å². The van der Waals surface area contributed by atoms with Crippen molar-refractivity contribution in [2.75, 3.05) is 17.3 Å². The van der Waals surface area contributed by atoms with Crippen molar-refractivity contribution in [3.63, 3.8) is 0 Å². The van der Waals surface area contributed by atoms with Crippen LogP contribution in [0, 0.1) is 30.1 Å². The Kier molecular flexibility index (Phi) is 13.5. The number of urea groups is 1. The summed E-state index contributed by atoms with van der Waals surface area (Å²) in [6.45, 7) is 13.7. The van der Waals surface area contributed by atoms with Crippen LogP contribution in [0.2, 0.25) is 10.0 Å². The molecule has 0 radical (unpaired) electrons. The maximum atomic E-state index is 12.5. The maximum Gasteiger partial charge on any atom is 0.328 e. The van der Waals surface area contributed by atoms with Crippen molar-refractivity contribution in [2.24, 2.45) is 11.8 Å². The van der Waals surface area contributed by atoms with Gasteiger partial charge in [-0.25, -0.2) is 4.79 Å². The molecule has 8 nitrogen and oxygen atoms in total. The van der Waals surface area contributed by atoms with E-state index in [9.17, 15) is 14.4 Å². The molecular formula is C29H36Cl2N4O4. The molecule has 2 aromatic carbocycles. The highest BCUT2D eigenvalue weighted by Crippen LogP contribution is 2.40. The Morgan fingerprint density at radius 2 is 1.64 bits per heavy atom. The average molecular weight is 576 g/mol. The van der Waals surface area contributed by atoms with Crippen LogP contribution in [0.3, 0.4) is 0 Å². The number of imide groups is 1. The van der Waals surface area contributed by atoms with Gasteiger partial charge in [0.15, 0.2) is 5.75 Å². The van der Waals surface area contributed by atoms with E-state index in [2.05, 4.69) is 31.4 Å². The summed E-state index contributed by atoms with van der Waals surface area (Å²) >= 11 is 12.8.